The molecule has 11 heteroatoms. The summed E-state index contributed by atoms with van der Waals surface area (Å²) in [4.78, 5) is 29.4. The summed E-state index contributed by atoms with van der Waals surface area (Å²) in [6, 6.07) is 0. The van der Waals surface area contributed by atoms with E-state index in [1.165, 1.54) is 7.05 Å². The molecule has 1 aromatic rings. The van der Waals surface area contributed by atoms with Gasteiger partial charge in [-0.3, -0.25) is 24.8 Å². The van der Waals surface area contributed by atoms with E-state index >= 15 is 0 Å². The van der Waals surface area contributed by atoms with Gasteiger partial charge >= 0.3 is 5.69 Å². The molecule has 0 aliphatic rings. The van der Waals surface area contributed by atoms with Crippen LogP contribution in [0, 0.1) is 10.1 Å². The van der Waals surface area contributed by atoms with Gasteiger partial charge in [-0.25, -0.2) is 15.0 Å². The average molecular weight is 333 g/mol. The van der Waals surface area contributed by atoms with Crippen LogP contribution in [0.5, 0.6) is 0 Å². The van der Waals surface area contributed by atoms with Gasteiger partial charge in [-0.15, -0.1) is 0 Å². The maximum absolute atomic E-state index is 11.9. The molecule has 21 heavy (non-hydrogen) atoms. The van der Waals surface area contributed by atoms with Crippen molar-refractivity contribution in [2.45, 2.75) is 12.8 Å². The highest BCUT2D eigenvalue weighted by atomic mass is 32.2. The Balaban J connectivity index is 2.84. The van der Waals surface area contributed by atoms with Crippen molar-refractivity contribution in [2.75, 3.05) is 23.6 Å². The molecule has 2 N–H and O–H groups in total. The summed E-state index contributed by atoms with van der Waals surface area (Å²) in [7, 11) is 1.17. The number of carbonyl (C=O) groups is 1. The van der Waals surface area contributed by atoms with Crippen molar-refractivity contribution in [2.24, 2.45) is 0 Å². The second-order valence-electron chi connectivity index (χ2n) is 3.89. The van der Waals surface area contributed by atoms with Gasteiger partial charge in [0.2, 0.25) is 11.5 Å². The van der Waals surface area contributed by atoms with Crippen LogP contribution in [-0.4, -0.2) is 44.6 Å². The highest BCUT2D eigenvalue weighted by molar-refractivity contribution is 7.97. The Morgan fingerprint density at radius 1 is 1.57 bits per heavy atom. The zero-order valence-corrected chi connectivity index (χ0v) is 12.9. The van der Waals surface area contributed by atoms with E-state index in [4.69, 9.17) is 0 Å². The molecule has 1 rings (SSSR count). The molecule has 1 heterocycles. The maximum Gasteiger partial charge on any atom is 0.344 e. The minimum atomic E-state index is -0.803. The fourth-order valence-electron chi connectivity index (χ4n) is 1.39. The molecule has 1 amide bonds. The van der Waals surface area contributed by atoms with E-state index in [9.17, 15) is 20.1 Å². The molecule has 116 valence electrons. The minimum Gasteiger partial charge on any atom is -0.294 e. The predicted octanol–water partition coefficient (Wildman–Crippen LogP) is 1.30. The smallest absolute Gasteiger partial charge is 0.294 e. The molecule has 0 radical (unpaired) electrons. The van der Waals surface area contributed by atoms with E-state index in [-0.39, 0.29) is 5.82 Å². The van der Waals surface area contributed by atoms with Crippen molar-refractivity contribution in [3.8, 4) is 0 Å². The zero-order chi connectivity index (χ0) is 15.8. The van der Waals surface area contributed by atoms with Crippen molar-refractivity contribution in [1.82, 2.24) is 14.7 Å². The summed E-state index contributed by atoms with van der Waals surface area (Å²) < 4.78 is 2.48. The number of hydroxylamine groups is 1. The van der Waals surface area contributed by atoms with Gasteiger partial charge in [0.25, 0.3) is 5.91 Å². The molecule has 0 aliphatic carbocycles. The number of nitro groups is 1. The van der Waals surface area contributed by atoms with Crippen molar-refractivity contribution in [3.63, 3.8) is 0 Å². The van der Waals surface area contributed by atoms with Crippen molar-refractivity contribution in [3.05, 3.63) is 22.1 Å². The standard InChI is InChI=1S/C10H15N5O4S2/c1-14(17)9-8(15(18)19)7(11-6-12-9)10(16)13-21-5-3-2-4-20/h6,17,20H,2-5H2,1H3,(H,13,16). The SMILES string of the molecule is CN(O)c1ncnc(C(=O)NSCCCCS)c1[N+](=O)[O-]. The number of hydrogen-bond donors (Lipinski definition) is 3. The number of amides is 1. The molecular weight excluding hydrogens is 318 g/mol. The third-order valence-corrected chi connectivity index (χ3v) is 3.47. The first-order valence-electron chi connectivity index (χ1n) is 5.94. The van der Waals surface area contributed by atoms with Crippen LogP contribution in [0.15, 0.2) is 6.33 Å². The third kappa shape index (κ3) is 5.02. The Labute approximate surface area is 130 Å². The van der Waals surface area contributed by atoms with E-state index in [1.54, 1.807) is 0 Å². The predicted molar refractivity (Wildman–Crippen MR) is 81.9 cm³/mol. The average Bonchev–Trinajstić information content (AvgIpc) is 2.45. The first-order valence-corrected chi connectivity index (χ1v) is 7.55. The summed E-state index contributed by atoms with van der Waals surface area (Å²) in [5.74, 6) is 0.374. The van der Waals surface area contributed by atoms with E-state index in [2.05, 4.69) is 27.3 Å². The molecule has 0 saturated heterocycles. The topological polar surface area (TPSA) is 121 Å². The molecule has 0 atom stereocenters. The van der Waals surface area contributed by atoms with Gasteiger partial charge in [-0.1, -0.05) is 11.9 Å². The fourth-order valence-corrected chi connectivity index (χ4v) is 2.29. The Morgan fingerprint density at radius 3 is 2.86 bits per heavy atom. The van der Waals surface area contributed by atoms with E-state index in [0.29, 0.717) is 10.8 Å². The Bertz CT molecular complexity index is 514. The minimum absolute atomic E-state index is 0.347. The van der Waals surface area contributed by atoms with Crippen LogP contribution < -0.4 is 9.79 Å². The summed E-state index contributed by atoms with van der Waals surface area (Å²) in [5.41, 5.74) is -1.04. The van der Waals surface area contributed by atoms with Crippen LogP contribution in [0.2, 0.25) is 0 Å². The highest BCUT2D eigenvalue weighted by Crippen LogP contribution is 2.26. The van der Waals surface area contributed by atoms with Crippen LogP contribution in [0.4, 0.5) is 11.5 Å². The Hall–Kier alpha value is -1.59. The number of nitrogens with zero attached hydrogens (tertiary/aromatic N) is 4. The van der Waals surface area contributed by atoms with Gasteiger partial charge in [0.1, 0.15) is 6.33 Å². The van der Waals surface area contributed by atoms with Crippen molar-refractivity contribution in [1.29, 1.82) is 0 Å². The fraction of sp³-hybridized carbons (Fsp3) is 0.500. The third-order valence-electron chi connectivity index (χ3n) is 2.33. The van der Waals surface area contributed by atoms with Crippen LogP contribution in [-0.2, 0) is 0 Å². The van der Waals surface area contributed by atoms with Crippen molar-refractivity contribution < 1.29 is 14.9 Å². The second-order valence-corrected chi connectivity index (χ2v) is 5.23. The second kappa shape index (κ2) is 8.64. The summed E-state index contributed by atoms with van der Waals surface area (Å²) in [5, 5.41) is 20.9. The van der Waals surface area contributed by atoms with Crippen LogP contribution in [0.25, 0.3) is 0 Å². The molecule has 0 aliphatic heterocycles. The number of unbranched alkanes of at least 4 members (excludes halogenated alkanes) is 1. The lowest BCUT2D eigenvalue weighted by molar-refractivity contribution is -0.385. The van der Waals surface area contributed by atoms with Gasteiger partial charge in [-0.05, 0) is 18.6 Å². The van der Waals surface area contributed by atoms with Gasteiger partial charge in [-0.2, -0.15) is 12.6 Å². The number of hydrogen-bond acceptors (Lipinski definition) is 9. The van der Waals surface area contributed by atoms with E-state index < -0.39 is 22.2 Å². The number of rotatable bonds is 8. The number of anilines is 1. The first-order chi connectivity index (χ1) is 9.99. The normalized spacial score (nSPS) is 10.2. The molecule has 0 bridgehead atoms. The summed E-state index contributed by atoms with van der Waals surface area (Å²) in [6.07, 6.45) is 2.76. The molecule has 0 aromatic carbocycles. The van der Waals surface area contributed by atoms with E-state index in [1.807, 2.05) is 0 Å². The van der Waals surface area contributed by atoms with Crippen LogP contribution in [0.3, 0.4) is 0 Å². The largest absolute Gasteiger partial charge is 0.344 e. The van der Waals surface area contributed by atoms with E-state index in [0.717, 1.165) is 36.9 Å². The number of thiol groups is 1. The molecule has 1 aromatic heterocycles. The Morgan fingerprint density at radius 2 is 2.29 bits per heavy atom. The molecule has 9 nitrogen and oxygen atoms in total. The molecular formula is C10H15N5O4S2. The van der Waals surface area contributed by atoms with Gasteiger partial charge in [0, 0.05) is 12.8 Å². The molecule has 0 spiro atoms. The molecule has 0 unspecified atom stereocenters. The number of nitrogens with one attached hydrogen (secondary N) is 1. The lowest BCUT2D eigenvalue weighted by atomic mass is 10.3. The quantitative estimate of drug-likeness (QED) is 0.214. The number of carbonyl (C=O) groups excluding carboxylic acids is 1. The van der Waals surface area contributed by atoms with Crippen LogP contribution in [0.1, 0.15) is 23.3 Å². The number of aromatic nitrogens is 2. The molecule has 0 fully saturated rings. The zero-order valence-electron chi connectivity index (χ0n) is 11.2. The summed E-state index contributed by atoms with van der Waals surface area (Å²) >= 11 is 5.21. The Kier molecular flexibility index (Phi) is 7.19. The van der Waals surface area contributed by atoms with Crippen molar-refractivity contribution >= 4 is 42.0 Å². The first kappa shape index (κ1) is 17.5. The van der Waals surface area contributed by atoms with Gasteiger partial charge in [0.05, 0.1) is 4.92 Å². The lowest BCUT2D eigenvalue weighted by Gasteiger charge is -2.10. The van der Waals surface area contributed by atoms with Gasteiger partial charge < -0.3 is 0 Å². The van der Waals surface area contributed by atoms with Crippen LogP contribution >= 0.6 is 24.6 Å². The highest BCUT2D eigenvalue weighted by Gasteiger charge is 2.29. The van der Waals surface area contributed by atoms with Gasteiger partial charge in [0.15, 0.2) is 0 Å². The summed E-state index contributed by atoms with van der Waals surface area (Å²) in [6.45, 7) is 0. The lowest BCUT2D eigenvalue weighted by Crippen LogP contribution is -2.22. The molecule has 0 saturated carbocycles. The monoisotopic (exact) mass is 333 g/mol. The maximum atomic E-state index is 11.9.